The van der Waals surface area contributed by atoms with Crippen molar-refractivity contribution in [2.24, 2.45) is 0 Å². The highest BCUT2D eigenvalue weighted by Gasteiger charge is 2.37. The zero-order chi connectivity index (χ0) is 17.8. The molecule has 26 heavy (non-hydrogen) atoms. The third-order valence-corrected chi connectivity index (χ3v) is 5.19. The summed E-state index contributed by atoms with van der Waals surface area (Å²) in [7, 11) is 2.20. The van der Waals surface area contributed by atoms with Crippen molar-refractivity contribution < 1.29 is 4.74 Å². The number of nitrogens with zero attached hydrogens (tertiary/aromatic N) is 3. The fourth-order valence-electron chi connectivity index (χ4n) is 3.95. The molecule has 2 aromatic carbocycles. The molecule has 1 saturated heterocycles. The highest BCUT2D eigenvalue weighted by molar-refractivity contribution is 5.35. The van der Waals surface area contributed by atoms with Gasteiger partial charge in [0, 0.05) is 37.5 Å². The van der Waals surface area contributed by atoms with Crippen LogP contribution in [-0.2, 0) is 16.7 Å². The first-order chi connectivity index (χ1) is 12.8. The van der Waals surface area contributed by atoms with Crippen LogP contribution in [0, 0.1) is 0 Å². The molecule has 0 spiro atoms. The maximum absolute atomic E-state index is 5.80. The number of aromatic nitrogens is 2. The van der Waals surface area contributed by atoms with Crippen LogP contribution < -0.4 is 0 Å². The largest absolute Gasteiger partial charge is 0.380 e. The van der Waals surface area contributed by atoms with Crippen LogP contribution >= 0.6 is 0 Å². The molecule has 0 saturated carbocycles. The Morgan fingerprint density at radius 2 is 2.00 bits per heavy atom. The summed E-state index contributed by atoms with van der Waals surface area (Å²) in [4.78, 5) is 2.41. The maximum atomic E-state index is 5.80. The van der Waals surface area contributed by atoms with Crippen molar-refractivity contribution in [2.45, 2.75) is 18.4 Å². The van der Waals surface area contributed by atoms with Crippen molar-refractivity contribution in [1.29, 1.82) is 0 Å². The average Bonchev–Trinajstić information content (AvgIpc) is 3.35. The standard InChI is InChI=1S/C22H25N3O/c1-24(16-19-7-5-10-21(15-19)25-13-6-12-23-25)17-22(11-14-26-18-22)20-8-3-2-4-9-20/h2-10,12-13,15H,11,14,16-18H2,1H3/t22-/m1/s1. The van der Waals surface area contributed by atoms with Crippen LogP contribution in [-0.4, -0.2) is 41.5 Å². The van der Waals surface area contributed by atoms with E-state index in [1.54, 1.807) is 0 Å². The topological polar surface area (TPSA) is 30.3 Å². The van der Waals surface area contributed by atoms with Crippen molar-refractivity contribution >= 4 is 0 Å². The summed E-state index contributed by atoms with van der Waals surface area (Å²) < 4.78 is 7.70. The molecule has 134 valence electrons. The van der Waals surface area contributed by atoms with Crippen molar-refractivity contribution in [3.05, 3.63) is 84.2 Å². The Morgan fingerprint density at radius 1 is 1.12 bits per heavy atom. The lowest BCUT2D eigenvalue weighted by Gasteiger charge is -2.33. The smallest absolute Gasteiger partial charge is 0.0648 e. The van der Waals surface area contributed by atoms with Gasteiger partial charge in [0.2, 0.25) is 0 Å². The molecule has 0 bridgehead atoms. The van der Waals surface area contributed by atoms with Crippen LogP contribution in [0.25, 0.3) is 5.69 Å². The summed E-state index contributed by atoms with van der Waals surface area (Å²) in [6.45, 7) is 3.54. The quantitative estimate of drug-likeness (QED) is 0.682. The Hall–Kier alpha value is -2.43. The van der Waals surface area contributed by atoms with Crippen LogP contribution in [0.2, 0.25) is 0 Å². The van der Waals surface area contributed by atoms with E-state index < -0.39 is 0 Å². The minimum Gasteiger partial charge on any atom is -0.380 e. The number of hydrogen-bond acceptors (Lipinski definition) is 3. The third-order valence-electron chi connectivity index (χ3n) is 5.19. The summed E-state index contributed by atoms with van der Waals surface area (Å²) in [5, 5.41) is 4.33. The molecule has 2 heterocycles. The molecule has 1 aliphatic heterocycles. The summed E-state index contributed by atoms with van der Waals surface area (Å²) in [5.41, 5.74) is 3.87. The molecular weight excluding hydrogens is 322 g/mol. The van der Waals surface area contributed by atoms with Crippen LogP contribution in [0.15, 0.2) is 73.1 Å². The fourth-order valence-corrected chi connectivity index (χ4v) is 3.95. The predicted octanol–water partition coefficient (Wildman–Crippen LogP) is 3.66. The van der Waals surface area contributed by atoms with E-state index in [9.17, 15) is 0 Å². The van der Waals surface area contributed by atoms with Gasteiger partial charge in [-0.1, -0.05) is 42.5 Å². The van der Waals surface area contributed by atoms with E-state index in [0.29, 0.717) is 0 Å². The minimum atomic E-state index is 0.0929. The Kier molecular flexibility index (Phi) is 4.87. The average molecular weight is 347 g/mol. The molecule has 4 nitrogen and oxygen atoms in total. The van der Waals surface area contributed by atoms with Gasteiger partial charge < -0.3 is 9.64 Å². The first kappa shape index (κ1) is 17.0. The van der Waals surface area contributed by atoms with Crippen LogP contribution in [0.1, 0.15) is 17.5 Å². The van der Waals surface area contributed by atoms with E-state index in [0.717, 1.165) is 38.4 Å². The van der Waals surface area contributed by atoms with Crippen molar-refractivity contribution in [3.63, 3.8) is 0 Å². The molecule has 4 rings (SSSR count). The number of benzene rings is 2. The minimum absolute atomic E-state index is 0.0929. The zero-order valence-electron chi connectivity index (χ0n) is 15.2. The van der Waals surface area contributed by atoms with Gasteiger partial charge in [-0.2, -0.15) is 5.10 Å². The zero-order valence-corrected chi connectivity index (χ0v) is 15.2. The molecule has 1 fully saturated rings. The molecular formula is C22H25N3O. The Morgan fingerprint density at radius 3 is 2.73 bits per heavy atom. The Labute approximate surface area is 155 Å². The Bertz CT molecular complexity index is 824. The van der Waals surface area contributed by atoms with Gasteiger partial charge >= 0.3 is 0 Å². The normalized spacial score (nSPS) is 19.9. The SMILES string of the molecule is CN(Cc1cccc(-n2cccn2)c1)C[C@]1(c2ccccc2)CCOC1. The van der Waals surface area contributed by atoms with Crippen LogP contribution in [0.4, 0.5) is 0 Å². The van der Waals surface area contributed by atoms with E-state index in [-0.39, 0.29) is 5.41 Å². The summed E-state index contributed by atoms with van der Waals surface area (Å²) in [5.74, 6) is 0. The summed E-state index contributed by atoms with van der Waals surface area (Å²) in [6, 6.07) is 21.3. The van der Waals surface area contributed by atoms with Gasteiger partial charge in [-0.05, 0) is 42.8 Å². The first-order valence-corrected chi connectivity index (χ1v) is 9.16. The lowest BCUT2D eigenvalue weighted by Crippen LogP contribution is -2.39. The van der Waals surface area contributed by atoms with Crippen molar-refractivity contribution in [1.82, 2.24) is 14.7 Å². The Balaban J connectivity index is 1.50. The third kappa shape index (κ3) is 3.57. The van der Waals surface area contributed by atoms with Gasteiger partial charge in [-0.15, -0.1) is 0 Å². The van der Waals surface area contributed by atoms with Crippen molar-refractivity contribution in [2.75, 3.05) is 26.8 Å². The summed E-state index contributed by atoms with van der Waals surface area (Å²) in [6.07, 6.45) is 4.86. The lowest BCUT2D eigenvalue weighted by molar-refractivity contribution is 0.157. The molecule has 0 amide bonds. The fraction of sp³-hybridized carbons (Fsp3) is 0.318. The highest BCUT2D eigenvalue weighted by atomic mass is 16.5. The molecule has 0 aliphatic carbocycles. The molecule has 1 aliphatic rings. The van der Waals surface area contributed by atoms with Crippen molar-refractivity contribution in [3.8, 4) is 5.69 Å². The van der Waals surface area contributed by atoms with E-state index in [1.807, 2.05) is 23.1 Å². The molecule has 4 heteroatoms. The predicted molar refractivity (Wildman–Crippen MR) is 103 cm³/mol. The van der Waals surface area contributed by atoms with Crippen LogP contribution in [0.5, 0.6) is 0 Å². The van der Waals surface area contributed by atoms with Gasteiger partial charge in [-0.25, -0.2) is 4.68 Å². The molecule has 0 N–H and O–H groups in total. The van der Waals surface area contributed by atoms with Gasteiger partial charge in [0.1, 0.15) is 0 Å². The number of hydrogen-bond donors (Lipinski definition) is 0. The van der Waals surface area contributed by atoms with Crippen LogP contribution in [0.3, 0.4) is 0 Å². The monoisotopic (exact) mass is 347 g/mol. The molecule has 0 radical (unpaired) electrons. The highest BCUT2D eigenvalue weighted by Crippen LogP contribution is 2.34. The maximum Gasteiger partial charge on any atom is 0.0648 e. The van der Waals surface area contributed by atoms with Gasteiger partial charge in [0.15, 0.2) is 0 Å². The molecule has 3 aromatic rings. The van der Waals surface area contributed by atoms with E-state index in [1.165, 1.54) is 11.1 Å². The second kappa shape index (κ2) is 7.44. The lowest BCUT2D eigenvalue weighted by atomic mass is 9.79. The number of ether oxygens (including phenoxy) is 1. The summed E-state index contributed by atoms with van der Waals surface area (Å²) >= 11 is 0. The molecule has 1 atom stereocenters. The van der Waals surface area contributed by atoms with E-state index >= 15 is 0 Å². The van der Waals surface area contributed by atoms with Gasteiger partial charge in [0.25, 0.3) is 0 Å². The number of rotatable bonds is 6. The van der Waals surface area contributed by atoms with Gasteiger partial charge in [0.05, 0.1) is 12.3 Å². The van der Waals surface area contributed by atoms with Gasteiger partial charge in [-0.3, -0.25) is 0 Å². The second-order valence-corrected chi connectivity index (χ2v) is 7.24. The first-order valence-electron chi connectivity index (χ1n) is 9.16. The molecule has 1 aromatic heterocycles. The molecule has 0 unspecified atom stereocenters. The van der Waals surface area contributed by atoms with E-state index in [4.69, 9.17) is 4.74 Å². The number of likely N-dealkylation sites (N-methyl/N-ethyl adjacent to an activating group) is 1. The van der Waals surface area contributed by atoms with E-state index in [2.05, 4.69) is 71.6 Å². The second-order valence-electron chi connectivity index (χ2n) is 7.24.